The van der Waals surface area contributed by atoms with Gasteiger partial charge in [0, 0.05) is 29.6 Å². The van der Waals surface area contributed by atoms with Crippen LogP contribution in [-0.4, -0.2) is 52.0 Å². The Bertz CT molecular complexity index is 813. The number of aromatic nitrogens is 1. The maximum atomic E-state index is 12.5. The minimum Gasteiger partial charge on any atom is -0.480 e. The molecule has 1 heterocycles. The quantitative estimate of drug-likeness (QED) is 0.730. The summed E-state index contributed by atoms with van der Waals surface area (Å²) in [6.07, 6.45) is 4.02. The Labute approximate surface area is 162 Å². The number of rotatable bonds is 8. The molecule has 0 saturated heterocycles. The van der Waals surface area contributed by atoms with Gasteiger partial charge in [-0.05, 0) is 31.6 Å². The van der Waals surface area contributed by atoms with E-state index in [0.717, 1.165) is 30.0 Å². The molecule has 1 aromatic heterocycles. The average molecular weight is 385 g/mol. The second kappa shape index (κ2) is 7.78. The normalized spacial score (nSPS) is 21.7. The molecule has 0 unspecified atom stereocenters. The third kappa shape index (κ3) is 4.54. The predicted molar refractivity (Wildman–Crippen MR) is 104 cm³/mol. The molecule has 2 N–H and O–H groups in total. The smallest absolute Gasteiger partial charge is 0.317 e. The highest BCUT2D eigenvalue weighted by Crippen LogP contribution is 2.34. The Morgan fingerprint density at radius 3 is 2.63 bits per heavy atom. The van der Waals surface area contributed by atoms with Crippen LogP contribution in [-0.2, 0) is 4.79 Å². The van der Waals surface area contributed by atoms with Gasteiger partial charge in [0.05, 0.1) is 6.54 Å². The minimum absolute atomic E-state index is 0.0916. The van der Waals surface area contributed by atoms with E-state index in [9.17, 15) is 9.59 Å². The number of hydrogen-bond acceptors (Lipinski definition) is 5. The molecule has 2 aliphatic carbocycles. The van der Waals surface area contributed by atoms with E-state index in [1.165, 1.54) is 24.2 Å². The van der Waals surface area contributed by atoms with Crippen LogP contribution < -0.4 is 5.32 Å². The van der Waals surface area contributed by atoms with Gasteiger partial charge in [-0.1, -0.05) is 30.3 Å². The molecule has 0 atom stereocenters. The van der Waals surface area contributed by atoms with Crippen molar-refractivity contribution in [3.05, 3.63) is 41.4 Å². The van der Waals surface area contributed by atoms with Crippen molar-refractivity contribution < 1.29 is 14.7 Å². The Hall–Kier alpha value is -2.25. The van der Waals surface area contributed by atoms with Crippen molar-refractivity contribution in [2.45, 2.75) is 37.8 Å². The lowest BCUT2D eigenvalue weighted by atomic mass is 9.85. The van der Waals surface area contributed by atoms with Crippen LogP contribution in [0.4, 0.5) is 0 Å². The van der Waals surface area contributed by atoms with Gasteiger partial charge in [-0.2, -0.15) is 0 Å². The summed E-state index contributed by atoms with van der Waals surface area (Å²) in [5.74, 6) is -0.271. The molecule has 0 aliphatic heterocycles. The van der Waals surface area contributed by atoms with Gasteiger partial charge in [-0.25, -0.2) is 4.98 Å². The molecular weight excluding hydrogens is 362 g/mol. The van der Waals surface area contributed by atoms with Crippen molar-refractivity contribution in [1.82, 2.24) is 15.2 Å². The van der Waals surface area contributed by atoms with E-state index in [2.05, 4.69) is 15.2 Å². The number of carboxylic acids is 1. The SMILES string of the molecule is O=C(O)CN(CC1CC1)C1CC(NC(=O)c2csc(-c3ccccc3)n2)C1. The lowest BCUT2D eigenvalue weighted by Gasteiger charge is -2.42. The molecule has 1 amide bonds. The van der Waals surface area contributed by atoms with Gasteiger partial charge in [0.2, 0.25) is 0 Å². The van der Waals surface area contributed by atoms with Gasteiger partial charge >= 0.3 is 5.97 Å². The number of benzene rings is 1. The summed E-state index contributed by atoms with van der Waals surface area (Å²) in [5, 5.41) is 14.8. The fourth-order valence-electron chi connectivity index (χ4n) is 3.50. The summed E-state index contributed by atoms with van der Waals surface area (Å²) in [4.78, 5) is 30.1. The molecule has 1 aromatic carbocycles. The van der Waals surface area contributed by atoms with Crippen molar-refractivity contribution >= 4 is 23.2 Å². The van der Waals surface area contributed by atoms with Gasteiger partial charge < -0.3 is 10.4 Å². The Kier molecular flexibility index (Phi) is 5.22. The zero-order valence-corrected chi connectivity index (χ0v) is 15.8. The van der Waals surface area contributed by atoms with Crippen molar-refractivity contribution in [3.8, 4) is 10.6 Å². The standard InChI is InChI=1S/C20H23N3O3S/c24-18(25)11-23(10-13-6-7-13)16-8-15(9-16)21-19(26)17-12-27-20(22-17)14-4-2-1-3-5-14/h1-5,12-13,15-16H,6-11H2,(H,21,26)(H,24,25). The van der Waals surface area contributed by atoms with Crippen LogP contribution in [0.3, 0.4) is 0 Å². The zero-order valence-electron chi connectivity index (χ0n) is 15.0. The number of carbonyl (C=O) groups is 2. The lowest BCUT2D eigenvalue weighted by molar-refractivity contribution is -0.139. The van der Waals surface area contributed by atoms with Gasteiger partial charge in [0.15, 0.2) is 0 Å². The van der Waals surface area contributed by atoms with E-state index < -0.39 is 5.97 Å². The topological polar surface area (TPSA) is 82.5 Å². The molecule has 2 saturated carbocycles. The summed E-state index contributed by atoms with van der Waals surface area (Å²) in [5.41, 5.74) is 1.46. The second-order valence-corrected chi connectivity index (χ2v) is 8.32. The first-order chi connectivity index (χ1) is 13.1. The van der Waals surface area contributed by atoms with E-state index in [1.54, 1.807) is 5.38 Å². The molecular formula is C20H23N3O3S. The first kappa shape index (κ1) is 18.1. The molecule has 2 aliphatic rings. The fourth-order valence-corrected chi connectivity index (χ4v) is 4.31. The predicted octanol–water partition coefficient (Wildman–Crippen LogP) is 2.87. The van der Waals surface area contributed by atoms with Crippen LogP contribution in [0.25, 0.3) is 10.6 Å². The van der Waals surface area contributed by atoms with Crippen LogP contribution in [0.5, 0.6) is 0 Å². The van der Waals surface area contributed by atoms with E-state index in [0.29, 0.717) is 11.6 Å². The number of aliphatic carboxylic acids is 1. The van der Waals surface area contributed by atoms with Crippen LogP contribution in [0.1, 0.15) is 36.2 Å². The number of nitrogens with zero attached hydrogens (tertiary/aromatic N) is 2. The lowest BCUT2D eigenvalue weighted by Crippen LogP contribution is -2.55. The van der Waals surface area contributed by atoms with E-state index >= 15 is 0 Å². The van der Waals surface area contributed by atoms with Gasteiger partial charge in [0.1, 0.15) is 10.7 Å². The molecule has 2 fully saturated rings. The highest BCUT2D eigenvalue weighted by atomic mass is 32.1. The van der Waals surface area contributed by atoms with Crippen LogP contribution in [0, 0.1) is 5.92 Å². The molecule has 0 spiro atoms. The second-order valence-electron chi connectivity index (χ2n) is 7.47. The van der Waals surface area contributed by atoms with Crippen molar-refractivity contribution in [2.75, 3.05) is 13.1 Å². The van der Waals surface area contributed by atoms with E-state index in [4.69, 9.17) is 5.11 Å². The molecule has 142 valence electrons. The first-order valence-corrected chi connectivity index (χ1v) is 10.2. The van der Waals surface area contributed by atoms with E-state index in [-0.39, 0.29) is 24.5 Å². The Morgan fingerprint density at radius 1 is 1.22 bits per heavy atom. The largest absolute Gasteiger partial charge is 0.480 e. The highest BCUT2D eigenvalue weighted by Gasteiger charge is 2.38. The molecule has 0 bridgehead atoms. The molecule has 2 aromatic rings. The Morgan fingerprint density at radius 2 is 1.96 bits per heavy atom. The summed E-state index contributed by atoms with van der Waals surface area (Å²) in [6, 6.07) is 10.2. The number of carboxylic acid groups (broad SMARTS) is 1. The summed E-state index contributed by atoms with van der Waals surface area (Å²) < 4.78 is 0. The average Bonchev–Trinajstić information content (AvgIpc) is 3.29. The molecule has 4 rings (SSSR count). The summed E-state index contributed by atoms with van der Waals surface area (Å²) in [7, 11) is 0. The van der Waals surface area contributed by atoms with E-state index in [1.807, 2.05) is 30.3 Å². The fraction of sp³-hybridized carbons (Fsp3) is 0.450. The summed E-state index contributed by atoms with van der Waals surface area (Å²) >= 11 is 1.46. The number of thiazole rings is 1. The highest BCUT2D eigenvalue weighted by molar-refractivity contribution is 7.13. The van der Waals surface area contributed by atoms with Gasteiger partial charge in [0.25, 0.3) is 5.91 Å². The minimum atomic E-state index is -0.779. The summed E-state index contributed by atoms with van der Waals surface area (Å²) in [6.45, 7) is 0.957. The van der Waals surface area contributed by atoms with Crippen molar-refractivity contribution in [1.29, 1.82) is 0 Å². The third-order valence-corrected chi connectivity index (χ3v) is 6.14. The number of nitrogens with one attached hydrogen (secondary N) is 1. The van der Waals surface area contributed by atoms with Crippen LogP contribution in [0.2, 0.25) is 0 Å². The number of amides is 1. The van der Waals surface area contributed by atoms with Gasteiger partial charge in [-0.3, -0.25) is 14.5 Å². The molecule has 0 radical (unpaired) electrons. The Balaban J connectivity index is 1.30. The zero-order chi connectivity index (χ0) is 18.8. The first-order valence-electron chi connectivity index (χ1n) is 9.36. The van der Waals surface area contributed by atoms with Crippen molar-refractivity contribution in [3.63, 3.8) is 0 Å². The maximum Gasteiger partial charge on any atom is 0.317 e. The number of hydrogen-bond donors (Lipinski definition) is 2. The monoisotopic (exact) mass is 385 g/mol. The maximum absolute atomic E-state index is 12.5. The van der Waals surface area contributed by atoms with Crippen LogP contribution >= 0.6 is 11.3 Å². The van der Waals surface area contributed by atoms with Crippen molar-refractivity contribution in [2.24, 2.45) is 5.92 Å². The molecule has 6 nitrogen and oxygen atoms in total. The third-order valence-electron chi connectivity index (χ3n) is 5.25. The molecule has 7 heteroatoms. The molecule has 27 heavy (non-hydrogen) atoms. The van der Waals surface area contributed by atoms with Crippen LogP contribution in [0.15, 0.2) is 35.7 Å². The van der Waals surface area contributed by atoms with Gasteiger partial charge in [-0.15, -0.1) is 11.3 Å². The number of carbonyl (C=O) groups excluding carboxylic acids is 1.